The van der Waals surface area contributed by atoms with Crippen LogP contribution >= 0.6 is 0 Å². The molecule has 0 bridgehead atoms. The van der Waals surface area contributed by atoms with Gasteiger partial charge >= 0.3 is 0 Å². The van der Waals surface area contributed by atoms with Gasteiger partial charge in [-0.25, -0.2) is 8.42 Å². The van der Waals surface area contributed by atoms with E-state index in [9.17, 15) is 26.9 Å². The first kappa shape index (κ1) is 24.4. The van der Waals surface area contributed by atoms with Crippen LogP contribution in [0, 0.1) is 17.0 Å². The lowest BCUT2D eigenvalue weighted by atomic mass is 9.98. The molecule has 12 heteroatoms. The van der Waals surface area contributed by atoms with Crippen LogP contribution in [0.2, 0.25) is 0 Å². The van der Waals surface area contributed by atoms with E-state index in [1.807, 2.05) is 6.92 Å². The lowest BCUT2D eigenvalue weighted by molar-refractivity contribution is -0.384. The molecule has 1 aliphatic rings. The summed E-state index contributed by atoms with van der Waals surface area (Å²) in [5, 5.41) is 15.7. The number of hydrogen-bond donors (Lipinski definition) is 1. The molecular formula is C23H22N4O6S2. The fourth-order valence-electron chi connectivity index (χ4n) is 3.77. The zero-order valence-electron chi connectivity index (χ0n) is 18.8. The van der Waals surface area contributed by atoms with Gasteiger partial charge in [-0.1, -0.05) is 42.0 Å². The number of hydrazone groups is 1. The molecule has 0 amide bonds. The van der Waals surface area contributed by atoms with Gasteiger partial charge in [0.25, 0.3) is 15.7 Å². The molecule has 0 aliphatic carbocycles. The van der Waals surface area contributed by atoms with Crippen LogP contribution in [0.1, 0.15) is 29.2 Å². The number of nitrogens with zero attached hydrogens (tertiary/aromatic N) is 3. The normalized spacial score (nSPS) is 16.1. The van der Waals surface area contributed by atoms with Gasteiger partial charge in [0.15, 0.2) is 0 Å². The van der Waals surface area contributed by atoms with Crippen molar-refractivity contribution in [2.45, 2.75) is 24.3 Å². The Morgan fingerprint density at radius 2 is 1.69 bits per heavy atom. The van der Waals surface area contributed by atoms with Crippen molar-refractivity contribution in [2.24, 2.45) is 5.10 Å². The van der Waals surface area contributed by atoms with Crippen LogP contribution in [0.3, 0.4) is 0 Å². The molecule has 0 spiro atoms. The molecule has 1 aliphatic heterocycles. The van der Waals surface area contributed by atoms with Crippen LogP contribution in [-0.4, -0.2) is 38.1 Å². The summed E-state index contributed by atoms with van der Waals surface area (Å²) in [7, 11) is -7.62. The smallest absolute Gasteiger partial charge is 0.279 e. The average molecular weight is 515 g/mol. The van der Waals surface area contributed by atoms with Gasteiger partial charge in [0.1, 0.15) is 0 Å². The summed E-state index contributed by atoms with van der Waals surface area (Å²) in [4.78, 5) is 10.8. The monoisotopic (exact) mass is 514 g/mol. The number of non-ortho nitro benzene ring substituents is 1. The average Bonchev–Trinajstić information content (AvgIpc) is 3.25. The van der Waals surface area contributed by atoms with Crippen molar-refractivity contribution < 1.29 is 21.8 Å². The van der Waals surface area contributed by atoms with E-state index in [2.05, 4.69) is 9.82 Å². The number of nitro groups is 1. The second-order valence-electron chi connectivity index (χ2n) is 8.16. The van der Waals surface area contributed by atoms with Crippen LogP contribution < -0.4 is 4.72 Å². The van der Waals surface area contributed by atoms with Crippen LogP contribution in [0.15, 0.2) is 82.8 Å². The summed E-state index contributed by atoms with van der Waals surface area (Å²) in [6.45, 7) is 1.84. The standard InChI is InChI=1S/C23H22N4O6S2/c1-16-9-11-21(12-10-16)35(32,33)26-23(18-6-4-8-20(14-18)27(28)29)15-22(24-26)17-5-3-7-19(13-17)25-34(2,30)31/h3-14,23,25H,15H2,1-2H3. The van der Waals surface area contributed by atoms with Crippen LogP contribution in [0.25, 0.3) is 0 Å². The third-order valence-corrected chi connectivity index (χ3v) is 7.71. The Hall–Kier alpha value is -3.77. The first-order valence-electron chi connectivity index (χ1n) is 10.5. The van der Waals surface area contributed by atoms with Gasteiger partial charge in [-0.15, -0.1) is 0 Å². The van der Waals surface area contributed by atoms with Crippen molar-refractivity contribution in [3.05, 3.63) is 99.6 Å². The number of hydrogen-bond acceptors (Lipinski definition) is 7. The molecule has 1 N–H and O–H groups in total. The number of nitro benzene ring substituents is 1. The summed E-state index contributed by atoms with van der Waals surface area (Å²) >= 11 is 0. The van der Waals surface area contributed by atoms with E-state index in [-0.39, 0.29) is 17.0 Å². The molecule has 0 radical (unpaired) electrons. The molecule has 0 aromatic heterocycles. The van der Waals surface area contributed by atoms with E-state index in [0.29, 0.717) is 22.5 Å². The maximum absolute atomic E-state index is 13.6. The molecular weight excluding hydrogens is 492 g/mol. The second-order valence-corrected chi connectivity index (χ2v) is 11.7. The highest BCUT2D eigenvalue weighted by Crippen LogP contribution is 2.38. The Morgan fingerprint density at radius 1 is 1.00 bits per heavy atom. The molecule has 10 nitrogen and oxygen atoms in total. The highest BCUT2D eigenvalue weighted by molar-refractivity contribution is 7.92. The van der Waals surface area contributed by atoms with Gasteiger partial charge in [-0.2, -0.15) is 17.9 Å². The van der Waals surface area contributed by atoms with E-state index >= 15 is 0 Å². The lowest BCUT2D eigenvalue weighted by Gasteiger charge is -2.23. The van der Waals surface area contributed by atoms with Gasteiger partial charge in [0, 0.05) is 24.2 Å². The summed E-state index contributed by atoms with van der Waals surface area (Å²) < 4.78 is 53.8. The van der Waals surface area contributed by atoms with Gasteiger partial charge in [0.05, 0.1) is 27.8 Å². The van der Waals surface area contributed by atoms with E-state index in [4.69, 9.17) is 0 Å². The minimum atomic E-state index is -4.10. The number of rotatable bonds is 7. The quantitative estimate of drug-likeness (QED) is 0.376. The zero-order chi connectivity index (χ0) is 25.4. The third-order valence-electron chi connectivity index (χ3n) is 5.40. The summed E-state index contributed by atoms with van der Waals surface area (Å²) in [6.07, 6.45) is 1.16. The Kier molecular flexibility index (Phi) is 6.34. The van der Waals surface area contributed by atoms with Crippen molar-refractivity contribution in [2.75, 3.05) is 11.0 Å². The fourth-order valence-corrected chi connectivity index (χ4v) is 5.76. The van der Waals surface area contributed by atoms with E-state index in [0.717, 1.165) is 16.2 Å². The Bertz CT molecular complexity index is 1530. The van der Waals surface area contributed by atoms with Gasteiger partial charge < -0.3 is 0 Å². The topological polar surface area (TPSA) is 139 Å². The number of nitrogens with one attached hydrogen (secondary N) is 1. The fraction of sp³-hybridized carbons (Fsp3) is 0.174. The molecule has 0 saturated heterocycles. The van der Waals surface area contributed by atoms with E-state index in [1.165, 1.54) is 30.3 Å². The van der Waals surface area contributed by atoms with Gasteiger partial charge in [-0.05, 0) is 42.3 Å². The number of anilines is 1. The van der Waals surface area contributed by atoms with Crippen molar-refractivity contribution in [1.29, 1.82) is 0 Å². The van der Waals surface area contributed by atoms with Crippen LogP contribution in [-0.2, 0) is 20.0 Å². The summed E-state index contributed by atoms with van der Waals surface area (Å²) in [5.41, 5.74) is 2.37. The first-order valence-corrected chi connectivity index (χ1v) is 13.8. The summed E-state index contributed by atoms with van der Waals surface area (Å²) in [6, 6.07) is 17.7. The third kappa shape index (κ3) is 5.33. The predicted molar refractivity (Wildman–Crippen MR) is 132 cm³/mol. The first-order chi connectivity index (χ1) is 16.4. The Labute approximate surface area is 203 Å². The highest BCUT2D eigenvalue weighted by atomic mass is 32.2. The molecule has 4 rings (SSSR count). The minimum Gasteiger partial charge on any atom is -0.284 e. The Morgan fingerprint density at radius 3 is 2.34 bits per heavy atom. The molecule has 1 unspecified atom stereocenters. The molecule has 35 heavy (non-hydrogen) atoms. The molecule has 1 heterocycles. The molecule has 182 valence electrons. The number of benzene rings is 3. The van der Waals surface area contributed by atoms with Gasteiger partial charge in [0.2, 0.25) is 10.0 Å². The zero-order valence-corrected chi connectivity index (χ0v) is 20.5. The SMILES string of the molecule is Cc1ccc(S(=O)(=O)N2N=C(c3cccc(NS(C)(=O)=O)c3)CC2c2cccc([N+](=O)[O-])c2)cc1. The van der Waals surface area contributed by atoms with Crippen molar-refractivity contribution in [3.63, 3.8) is 0 Å². The molecule has 3 aromatic rings. The van der Waals surface area contributed by atoms with Gasteiger partial charge in [-0.3, -0.25) is 14.8 Å². The highest BCUT2D eigenvalue weighted by Gasteiger charge is 2.38. The Balaban J connectivity index is 1.80. The second kappa shape index (κ2) is 9.12. The van der Waals surface area contributed by atoms with Crippen LogP contribution in [0.5, 0.6) is 0 Å². The van der Waals surface area contributed by atoms with Crippen LogP contribution in [0.4, 0.5) is 11.4 Å². The van der Waals surface area contributed by atoms with E-state index in [1.54, 1.807) is 42.5 Å². The molecule has 1 atom stereocenters. The predicted octanol–water partition coefficient (Wildman–Crippen LogP) is 3.81. The maximum Gasteiger partial charge on any atom is 0.279 e. The number of sulfonamides is 2. The maximum atomic E-state index is 13.6. The molecule has 3 aromatic carbocycles. The minimum absolute atomic E-state index is 0.0380. The summed E-state index contributed by atoms with van der Waals surface area (Å²) in [5.74, 6) is 0. The van der Waals surface area contributed by atoms with Crippen molar-refractivity contribution in [3.8, 4) is 0 Å². The number of aryl methyl sites for hydroxylation is 1. The largest absolute Gasteiger partial charge is 0.284 e. The lowest BCUT2D eigenvalue weighted by Crippen LogP contribution is -2.27. The van der Waals surface area contributed by atoms with E-state index < -0.39 is 31.0 Å². The molecule has 0 fully saturated rings. The van der Waals surface area contributed by atoms with Crippen molar-refractivity contribution >= 4 is 37.1 Å². The van der Waals surface area contributed by atoms with Crippen molar-refractivity contribution in [1.82, 2.24) is 4.41 Å². The molecule has 0 saturated carbocycles.